The molecule has 1 heterocycles. The van der Waals surface area contributed by atoms with Crippen molar-refractivity contribution in [3.8, 4) is 5.75 Å². The monoisotopic (exact) mass is 219 g/mol. The van der Waals surface area contributed by atoms with Gasteiger partial charge in [-0.1, -0.05) is 6.07 Å². The predicted octanol–water partition coefficient (Wildman–Crippen LogP) is 1.02. The van der Waals surface area contributed by atoms with Crippen LogP contribution in [0.1, 0.15) is 18.4 Å². The number of hydrogen-bond donors (Lipinski definition) is 1. The molecule has 0 atom stereocenters. The molecule has 1 aromatic carbocycles. The smallest absolute Gasteiger partial charge is 0.264 e. The zero-order valence-corrected chi connectivity index (χ0v) is 9.06. The van der Waals surface area contributed by atoms with E-state index in [1.807, 2.05) is 18.2 Å². The number of carbonyl (C=O) groups is 1. The van der Waals surface area contributed by atoms with Gasteiger partial charge in [0.25, 0.3) is 5.91 Å². The maximum Gasteiger partial charge on any atom is 0.264 e. The van der Waals surface area contributed by atoms with Crippen molar-refractivity contribution in [2.45, 2.75) is 18.4 Å². The molecule has 0 bridgehead atoms. The molecule has 1 aliphatic carbocycles. The van der Waals surface area contributed by atoms with E-state index in [-0.39, 0.29) is 12.5 Å². The van der Waals surface area contributed by atoms with Crippen molar-refractivity contribution in [2.24, 2.45) is 0 Å². The summed E-state index contributed by atoms with van der Waals surface area (Å²) in [7, 11) is 1.73. The van der Waals surface area contributed by atoms with Gasteiger partial charge in [-0.15, -0.1) is 0 Å². The van der Waals surface area contributed by atoms with Crippen LogP contribution in [0.25, 0.3) is 0 Å². The first kappa shape index (κ1) is 9.66. The Labute approximate surface area is 93.4 Å². The SMILES string of the molecule is CN1C(=O)COc2ccc(C3(O)CC3)cc21. The third-order valence-electron chi connectivity index (χ3n) is 3.31. The Kier molecular flexibility index (Phi) is 1.80. The number of ether oxygens (including phenoxy) is 1. The van der Waals surface area contributed by atoms with Gasteiger partial charge in [-0.2, -0.15) is 0 Å². The minimum absolute atomic E-state index is 0.0626. The van der Waals surface area contributed by atoms with Crippen molar-refractivity contribution >= 4 is 11.6 Å². The minimum Gasteiger partial charge on any atom is -0.482 e. The molecule has 1 aliphatic heterocycles. The first-order valence-electron chi connectivity index (χ1n) is 5.36. The molecule has 16 heavy (non-hydrogen) atoms. The second-order valence-corrected chi connectivity index (χ2v) is 4.46. The molecule has 0 spiro atoms. The molecular formula is C12H13NO3. The number of rotatable bonds is 1. The highest BCUT2D eigenvalue weighted by molar-refractivity contribution is 5.97. The summed E-state index contributed by atoms with van der Waals surface area (Å²) in [5, 5.41) is 10.0. The normalized spacial score (nSPS) is 21.4. The summed E-state index contributed by atoms with van der Waals surface area (Å²) >= 11 is 0. The molecule has 2 aliphatic rings. The van der Waals surface area contributed by atoms with Gasteiger partial charge < -0.3 is 14.7 Å². The highest BCUT2D eigenvalue weighted by atomic mass is 16.5. The maximum absolute atomic E-state index is 11.5. The predicted molar refractivity (Wildman–Crippen MR) is 58.5 cm³/mol. The van der Waals surface area contributed by atoms with Crippen molar-refractivity contribution in [3.63, 3.8) is 0 Å². The number of carbonyl (C=O) groups excluding carboxylic acids is 1. The van der Waals surface area contributed by atoms with E-state index in [0.29, 0.717) is 5.75 Å². The second-order valence-electron chi connectivity index (χ2n) is 4.46. The van der Waals surface area contributed by atoms with Crippen LogP contribution in [0.15, 0.2) is 18.2 Å². The average Bonchev–Trinajstić information content (AvgIpc) is 3.03. The number of nitrogens with zero attached hydrogens (tertiary/aromatic N) is 1. The summed E-state index contributed by atoms with van der Waals surface area (Å²) in [6.45, 7) is 0.0904. The van der Waals surface area contributed by atoms with Crippen molar-refractivity contribution < 1.29 is 14.6 Å². The van der Waals surface area contributed by atoms with E-state index in [1.165, 1.54) is 0 Å². The van der Waals surface area contributed by atoms with Crippen LogP contribution >= 0.6 is 0 Å². The lowest BCUT2D eigenvalue weighted by Crippen LogP contribution is -2.35. The fourth-order valence-electron chi connectivity index (χ4n) is 1.97. The maximum atomic E-state index is 11.5. The molecule has 4 heteroatoms. The van der Waals surface area contributed by atoms with Gasteiger partial charge in [0.2, 0.25) is 0 Å². The molecular weight excluding hydrogens is 206 g/mol. The van der Waals surface area contributed by atoms with Crippen molar-refractivity contribution in [1.82, 2.24) is 0 Å². The van der Waals surface area contributed by atoms with E-state index in [1.54, 1.807) is 11.9 Å². The van der Waals surface area contributed by atoms with Crippen LogP contribution in [0.2, 0.25) is 0 Å². The summed E-state index contributed by atoms with van der Waals surface area (Å²) in [5.41, 5.74) is 0.946. The number of fused-ring (bicyclic) bond motifs is 1. The molecule has 3 rings (SSSR count). The van der Waals surface area contributed by atoms with Crippen molar-refractivity contribution in [3.05, 3.63) is 23.8 Å². The van der Waals surface area contributed by atoms with Crippen LogP contribution in [0, 0.1) is 0 Å². The van der Waals surface area contributed by atoms with E-state index in [4.69, 9.17) is 4.74 Å². The third kappa shape index (κ3) is 1.30. The van der Waals surface area contributed by atoms with Gasteiger partial charge in [-0.3, -0.25) is 4.79 Å². The Morgan fingerprint density at radius 1 is 1.44 bits per heavy atom. The quantitative estimate of drug-likeness (QED) is 0.767. The Morgan fingerprint density at radius 3 is 2.88 bits per heavy atom. The molecule has 0 unspecified atom stereocenters. The van der Waals surface area contributed by atoms with Gasteiger partial charge in [0.1, 0.15) is 5.75 Å². The van der Waals surface area contributed by atoms with E-state index in [0.717, 1.165) is 24.1 Å². The number of aliphatic hydroxyl groups is 1. The Morgan fingerprint density at radius 2 is 2.19 bits per heavy atom. The Bertz CT molecular complexity index is 465. The number of anilines is 1. The molecule has 84 valence electrons. The Balaban J connectivity index is 2.06. The van der Waals surface area contributed by atoms with E-state index in [9.17, 15) is 9.90 Å². The highest BCUT2D eigenvalue weighted by Crippen LogP contribution is 2.47. The summed E-state index contributed by atoms with van der Waals surface area (Å²) in [6, 6.07) is 5.54. The van der Waals surface area contributed by atoms with Crippen LogP contribution in [0.3, 0.4) is 0 Å². The van der Waals surface area contributed by atoms with E-state index < -0.39 is 5.60 Å². The van der Waals surface area contributed by atoms with Crippen LogP contribution in [0.4, 0.5) is 5.69 Å². The van der Waals surface area contributed by atoms with Gasteiger partial charge in [-0.25, -0.2) is 0 Å². The fraction of sp³-hybridized carbons (Fsp3) is 0.417. The topological polar surface area (TPSA) is 49.8 Å². The minimum atomic E-state index is -0.670. The summed E-state index contributed by atoms with van der Waals surface area (Å²) in [4.78, 5) is 13.0. The molecule has 0 saturated heterocycles. The zero-order chi connectivity index (χ0) is 11.3. The first-order chi connectivity index (χ1) is 7.60. The first-order valence-corrected chi connectivity index (χ1v) is 5.36. The molecule has 1 fully saturated rings. The molecule has 4 nitrogen and oxygen atoms in total. The van der Waals surface area contributed by atoms with Gasteiger partial charge in [0.05, 0.1) is 11.3 Å². The van der Waals surface area contributed by atoms with E-state index >= 15 is 0 Å². The number of amides is 1. The number of benzene rings is 1. The van der Waals surface area contributed by atoms with Crippen LogP contribution < -0.4 is 9.64 Å². The summed E-state index contributed by atoms with van der Waals surface area (Å²) in [6.07, 6.45) is 1.59. The highest BCUT2D eigenvalue weighted by Gasteiger charge is 2.42. The van der Waals surface area contributed by atoms with Gasteiger partial charge in [0.15, 0.2) is 6.61 Å². The number of hydrogen-bond acceptors (Lipinski definition) is 3. The summed E-state index contributed by atoms with van der Waals surface area (Å²) < 4.78 is 5.32. The average molecular weight is 219 g/mol. The van der Waals surface area contributed by atoms with Crippen LogP contribution in [-0.2, 0) is 10.4 Å². The van der Waals surface area contributed by atoms with Crippen molar-refractivity contribution in [1.29, 1.82) is 0 Å². The van der Waals surface area contributed by atoms with Gasteiger partial charge in [-0.05, 0) is 30.5 Å². The lowest BCUT2D eigenvalue weighted by atomic mass is 10.1. The second kappa shape index (κ2) is 2.98. The van der Waals surface area contributed by atoms with E-state index in [2.05, 4.69) is 0 Å². The molecule has 0 radical (unpaired) electrons. The third-order valence-corrected chi connectivity index (χ3v) is 3.31. The van der Waals surface area contributed by atoms with Crippen LogP contribution in [0.5, 0.6) is 5.75 Å². The molecule has 1 amide bonds. The van der Waals surface area contributed by atoms with Gasteiger partial charge >= 0.3 is 0 Å². The molecule has 1 saturated carbocycles. The lowest BCUT2D eigenvalue weighted by molar-refractivity contribution is -0.120. The number of likely N-dealkylation sites (N-methyl/N-ethyl adjacent to an activating group) is 1. The standard InChI is InChI=1S/C12H13NO3/c1-13-9-6-8(12(15)4-5-12)2-3-10(9)16-7-11(13)14/h2-3,6,15H,4-5,7H2,1H3. The summed E-state index contributed by atoms with van der Waals surface area (Å²) in [5.74, 6) is 0.641. The molecule has 1 N–H and O–H groups in total. The van der Waals surface area contributed by atoms with Crippen LogP contribution in [-0.4, -0.2) is 24.7 Å². The van der Waals surface area contributed by atoms with Crippen molar-refractivity contribution in [2.75, 3.05) is 18.6 Å². The lowest BCUT2D eigenvalue weighted by Gasteiger charge is -2.27. The largest absolute Gasteiger partial charge is 0.482 e. The zero-order valence-electron chi connectivity index (χ0n) is 9.06. The Hall–Kier alpha value is -1.55. The molecule has 1 aromatic rings. The fourth-order valence-corrected chi connectivity index (χ4v) is 1.97. The van der Waals surface area contributed by atoms with Gasteiger partial charge in [0, 0.05) is 7.05 Å². The molecule has 0 aromatic heterocycles.